The van der Waals surface area contributed by atoms with Gasteiger partial charge in [0.2, 0.25) is 5.91 Å². The Morgan fingerprint density at radius 1 is 1.00 bits per heavy atom. The summed E-state index contributed by atoms with van der Waals surface area (Å²) in [5, 5.41) is 0.612. The number of benzene rings is 3. The number of aryl methyl sites for hydroxylation is 2. The average molecular weight is 551 g/mol. The summed E-state index contributed by atoms with van der Waals surface area (Å²) in [5.41, 5.74) is 3.14. The van der Waals surface area contributed by atoms with E-state index in [1.54, 1.807) is 36.4 Å². The van der Waals surface area contributed by atoms with E-state index in [4.69, 9.17) is 27.9 Å². The maximum absolute atomic E-state index is 13.1. The first-order valence-electron chi connectivity index (χ1n) is 12.0. The lowest BCUT2D eigenvalue weighted by Gasteiger charge is -2.23. The monoisotopic (exact) mass is 550 g/mol. The van der Waals surface area contributed by atoms with Gasteiger partial charge in [-0.2, -0.15) is 0 Å². The summed E-state index contributed by atoms with van der Waals surface area (Å²) in [6.07, 6.45) is 0. The minimum atomic E-state index is -0.501. The van der Waals surface area contributed by atoms with Crippen LogP contribution in [0.2, 0.25) is 10.0 Å². The molecule has 3 aromatic carbocycles. The lowest BCUT2D eigenvalue weighted by molar-refractivity contribution is -0.118. The number of carbonyl (C=O) groups is 3. The first kappa shape index (κ1) is 25.8. The summed E-state index contributed by atoms with van der Waals surface area (Å²) in [6.45, 7) is 4.41. The van der Waals surface area contributed by atoms with Gasteiger partial charge in [0.05, 0.1) is 27.4 Å². The number of likely N-dealkylation sites (N-methyl/N-ethyl adjacent to an activating group) is 1. The van der Waals surface area contributed by atoms with E-state index in [2.05, 4.69) is 16.5 Å². The quantitative estimate of drug-likeness (QED) is 0.283. The minimum absolute atomic E-state index is 0.0447. The molecule has 38 heavy (non-hydrogen) atoms. The maximum Gasteiger partial charge on any atom is 0.262 e. The van der Waals surface area contributed by atoms with Crippen LogP contribution in [0.1, 0.15) is 39.0 Å². The molecule has 4 aromatic rings. The van der Waals surface area contributed by atoms with E-state index in [1.165, 1.54) is 11.9 Å². The highest BCUT2D eigenvalue weighted by Crippen LogP contribution is 2.36. The zero-order valence-electron chi connectivity index (χ0n) is 21.0. The fraction of sp³-hybridized carbons (Fsp3) is 0.214. The van der Waals surface area contributed by atoms with E-state index in [0.29, 0.717) is 22.0 Å². The summed E-state index contributed by atoms with van der Waals surface area (Å²) in [6, 6.07) is 15.5. The third-order valence-corrected chi connectivity index (χ3v) is 7.47. The molecule has 8 nitrogen and oxygen atoms in total. The van der Waals surface area contributed by atoms with Crippen LogP contribution in [-0.4, -0.2) is 45.8 Å². The number of para-hydroxylation sites is 1. The Bertz CT molecular complexity index is 1580. The summed E-state index contributed by atoms with van der Waals surface area (Å²) in [4.78, 5) is 45.4. The minimum Gasteiger partial charge on any atom is -0.486 e. The highest BCUT2D eigenvalue weighted by atomic mass is 35.5. The Hall–Kier alpha value is -3.88. The van der Waals surface area contributed by atoms with Gasteiger partial charge in [0, 0.05) is 24.2 Å². The number of amides is 3. The van der Waals surface area contributed by atoms with Crippen molar-refractivity contribution in [3.05, 3.63) is 87.2 Å². The number of nitrogens with zero attached hydrogens (tertiary/aromatic N) is 4. The molecule has 0 saturated carbocycles. The molecule has 3 amide bonds. The second-order valence-electron chi connectivity index (χ2n) is 8.87. The molecule has 5 rings (SSSR count). The van der Waals surface area contributed by atoms with Gasteiger partial charge >= 0.3 is 0 Å². The van der Waals surface area contributed by atoms with Crippen LogP contribution in [0.5, 0.6) is 5.75 Å². The summed E-state index contributed by atoms with van der Waals surface area (Å²) in [7, 11) is 1.53. The topological polar surface area (TPSA) is 84.7 Å². The maximum atomic E-state index is 13.1. The summed E-state index contributed by atoms with van der Waals surface area (Å²) >= 11 is 13.2. The molecule has 0 radical (unpaired) electrons. The first-order valence-corrected chi connectivity index (χ1v) is 12.8. The number of hydrogen-bond acceptors (Lipinski definition) is 5. The van der Waals surface area contributed by atoms with Gasteiger partial charge in [0.15, 0.2) is 0 Å². The molecule has 2 heterocycles. The van der Waals surface area contributed by atoms with Crippen LogP contribution in [0, 0.1) is 6.92 Å². The molecule has 0 saturated heterocycles. The molecule has 194 valence electrons. The fourth-order valence-electron chi connectivity index (χ4n) is 4.64. The SMILES string of the molecule is CCn1c(C)nc2c(OCc3c(Cl)ccc(N(C)C(=O)CN4C(=O)c5ccccc5C4=O)c3Cl)cccc21. The number of ether oxygens (including phenoxy) is 1. The normalized spacial score (nSPS) is 12.8. The number of fused-ring (bicyclic) bond motifs is 2. The third-order valence-electron chi connectivity index (χ3n) is 6.69. The Morgan fingerprint density at radius 3 is 2.34 bits per heavy atom. The van der Waals surface area contributed by atoms with Crippen LogP contribution in [0.25, 0.3) is 11.0 Å². The van der Waals surface area contributed by atoms with E-state index in [9.17, 15) is 14.4 Å². The fourth-order valence-corrected chi connectivity index (χ4v) is 5.24. The van der Waals surface area contributed by atoms with Crippen molar-refractivity contribution in [2.45, 2.75) is 27.0 Å². The molecular formula is C28H24Cl2N4O4. The predicted molar refractivity (Wildman–Crippen MR) is 146 cm³/mol. The second-order valence-corrected chi connectivity index (χ2v) is 9.65. The highest BCUT2D eigenvalue weighted by molar-refractivity contribution is 6.38. The Kier molecular flexibility index (Phi) is 6.86. The summed E-state index contributed by atoms with van der Waals surface area (Å²) < 4.78 is 8.20. The van der Waals surface area contributed by atoms with Crippen molar-refractivity contribution in [1.82, 2.24) is 14.5 Å². The van der Waals surface area contributed by atoms with Gasteiger partial charge in [-0.1, -0.05) is 41.4 Å². The molecular weight excluding hydrogens is 527 g/mol. The smallest absolute Gasteiger partial charge is 0.262 e. The first-order chi connectivity index (χ1) is 18.2. The van der Waals surface area contributed by atoms with E-state index in [1.807, 2.05) is 25.1 Å². The van der Waals surface area contributed by atoms with Gasteiger partial charge in [-0.15, -0.1) is 0 Å². The third kappa shape index (κ3) is 4.29. The van der Waals surface area contributed by atoms with E-state index < -0.39 is 24.3 Å². The molecule has 0 N–H and O–H groups in total. The van der Waals surface area contributed by atoms with Crippen LogP contribution >= 0.6 is 23.2 Å². The van der Waals surface area contributed by atoms with Crippen molar-refractivity contribution in [3.8, 4) is 5.75 Å². The van der Waals surface area contributed by atoms with Crippen LogP contribution < -0.4 is 9.64 Å². The Labute approximate surface area is 229 Å². The number of imide groups is 1. The van der Waals surface area contributed by atoms with Crippen molar-refractivity contribution >= 4 is 57.6 Å². The van der Waals surface area contributed by atoms with Crippen LogP contribution in [-0.2, 0) is 17.9 Å². The second kappa shape index (κ2) is 10.1. The Balaban J connectivity index is 1.36. The molecule has 0 bridgehead atoms. The van der Waals surface area contributed by atoms with E-state index in [-0.39, 0.29) is 22.8 Å². The Morgan fingerprint density at radius 2 is 1.68 bits per heavy atom. The highest BCUT2D eigenvalue weighted by Gasteiger charge is 2.37. The zero-order valence-corrected chi connectivity index (χ0v) is 22.5. The van der Waals surface area contributed by atoms with Crippen LogP contribution in [0.15, 0.2) is 54.6 Å². The van der Waals surface area contributed by atoms with Crippen molar-refractivity contribution in [2.24, 2.45) is 0 Å². The number of imidazole rings is 1. The number of aromatic nitrogens is 2. The number of hydrogen-bond donors (Lipinski definition) is 0. The summed E-state index contributed by atoms with van der Waals surface area (Å²) in [5.74, 6) is -0.0155. The molecule has 1 aliphatic heterocycles. The molecule has 0 atom stereocenters. The molecule has 0 aliphatic carbocycles. The number of halogens is 2. The van der Waals surface area contributed by atoms with Crippen molar-refractivity contribution in [2.75, 3.05) is 18.5 Å². The van der Waals surface area contributed by atoms with Gasteiger partial charge in [0.1, 0.15) is 30.2 Å². The van der Waals surface area contributed by atoms with Gasteiger partial charge in [-0.3, -0.25) is 19.3 Å². The van der Waals surface area contributed by atoms with E-state index >= 15 is 0 Å². The van der Waals surface area contributed by atoms with E-state index in [0.717, 1.165) is 28.3 Å². The van der Waals surface area contributed by atoms with Crippen LogP contribution in [0.4, 0.5) is 5.69 Å². The molecule has 10 heteroatoms. The largest absolute Gasteiger partial charge is 0.486 e. The molecule has 0 spiro atoms. The molecule has 1 aliphatic rings. The van der Waals surface area contributed by atoms with Crippen LogP contribution in [0.3, 0.4) is 0 Å². The van der Waals surface area contributed by atoms with Gasteiger partial charge in [0.25, 0.3) is 11.8 Å². The van der Waals surface area contributed by atoms with Crippen molar-refractivity contribution in [3.63, 3.8) is 0 Å². The van der Waals surface area contributed by atoms with Gasteiger partial charge in [-0.05, 0) is 50.2 Å². The lowest BCUT2D eigenvalue weighted by atomic mass is 10.1. The molecule has 0 unspecified atom stereocenters. The number of carbonyl (C=O) groups excluding carboxylic acids is 3. The standard InChI is InChI=1S/C28H24Cl2N4O4/c1-4-33-16(2)31-26-22(33)10-7-11-23(26)38-15-19-20(29)12-13-21(25(19)30)32(3)24(35)14-34-27(36)17-8-5-6-9-18(17)28(34)37/h5-13H,4,14-15H2,1-3H3. The van der Waals surface area contributed by atoms with Gasteiger partial charge < -0.3 is 14.2 Å². The zero-order chi connectivity index (χ0) is 27.1. The predicted octanol–water partition coefficient (Wildman–Crippen LogP) is 5.51. The number of anilines is 1. The van der Waals surface area contributed by atoms with Crippen molar-refractivity contribution < 1.29 is 19.1 Å². The van der Waals surface area contributed by atoms with Crippen molar-refractivity contribution in [1.29, 1.82) is 0 Å². The molecule has 0 fully saturated rings. The van der Waals surface area contributed by atoms with Gasteiger partial charge in [-0.25, -0.2) is 4.98 Å². The average Bonchev–Trinajstić information content (AvgIpc) is 3.37. The number of rotatable bonds is 7. The molecule has 1 aromatic heterocycles. The lowest BCUT2D eigenvalue weighted by Crippen LogP contribution is -2.41.